The third-order valence-corrected chi connectivity index (χ3v) is 4.13. The van der Waals surface area contributed by atoms with E-state index in [0.29, 0.717) is 10.5 Å². The first-order valence-electron chi connectivity index (χ1n) is 5.66. The van der Waals surface area contributed by atoms with Gasteiger partial charge in [-0.3, -0.25) is 9.47 Å². The molecule has 2 aliphatic rings. The second-order valence-electron chi connectivity index (χ2n) is 4.74. The molecule has 1 N–H and O–H groups in total. The summed E-state index contributed by atoms with van der Waals surface area (Å²) >= 11 is 1.44. The summed E-state index contributed by atoms with van der Waals surface area (Å²) in [4.78, 5) is 0.796. The van der Waals surface area contributed by atoms with Crippen LogP contribution in [0.4, 0.5) is 0 Å². The van der Waals surface area contributed by atoms with Crippen molar-refractivity contribution in [3.63, 3.8) is 0 Å². The molecule has 0 saturated carbocycles. The summed E-state index contributed by atoms with van der Waals surface area (Å²) in [7, 11) is 0. The topological polar surface area (TPSA) is 68.0 Å². The zero-order valence-electron chi connectivity index (χ0n) is 10.1. The molecule has 2 aliphatic heterocycles. The molecule has 1 fully saturated rings. The van der Waals surface area contributed by atoms with Crippen molar-refractivity contribution in [2.24, 2.45) is 0 Å². The SMILES string of the molecule is CC1(C)C(c2cccs2)=[N+]([O-])C2(OCCO2)N1O. The van der Waals surface area contributed by atoms with E-state index in [0.717, 1.165) is 9.94 Å². The average molecular weight is 270 g/mol. The van der Waals surface area contributed by atoms with Crippen LogP contribution in [0.25, 0.3) is 0 Å². The van der Waals surface area contributed by atoms with Crippen LogP contribution in [0.5, 0.6) is 0 Å². The molecule has 1 spiro atoms. The highest BCUT2D eigenvalue weighted by atomic mass is 32.1. The van der Waals surface area contributed by atoms with E-state index in [2.05, 4.69) is 0 Å². The van der Waals surface area contributed by atoms with Gasteiger partial charge < -0.3 is 10.4 Å². The van der Waals surface area contributed by atoms with Gasteiger partial charge in [0.05, 0.1) is 18.1 Å². The van der Waals surface area contributed by atoms with Crippen molar-refractivity contribution < 1.29 is 19.4 Å². The van der Waals surface area contributed by atoms with Gasteiger partial charge in [0.25, 0.3) is 0 Å². The Hall–Kier alpha value is -0.990. The molecule has 0 aromatic carbocycles. The van der Waals surface area contributed by atoms with E-state index in [1.165, 1.54) is 11.3 Å². The van der Waals surface area contributed by atoms with Crippen LogP contribution in [-0.2, 0) is 9.47 Å². The fraction of sp³-hybridized carbons (Fsp3) is 0.545. The normalized spacial score (nSPS) is 26.4. The molecule has 0 aliphatic carbocycles. The Balaban J connectivity index is 2.17. The number of ether oxygens (including phenoxy) is 2. The maximum absolute atomic E-state index is 12.5. The number of thiophene rings is 1. The molecular weight excluding hydrogens is 256 g/mol. The smallest absolute Gasteiger partial charge is 0.492 e. The lowest BCUT2D eigenvalue weighted by molar-refractivity contribution is -0.706. The van der Waals surface area contributed by atoms with Crippen LogP contribution < -0.4 is 0 Å². The molecule has 3 rings (SSSR count). The van der Waals surface area contributed by atoms with Gasteiger partial charge in [0, 0.05) is 0 Å². The molecule has 0 bridgehead atoms. The average Bonchev–Trinajstić information content (AvgIpc) is 3.00. The van der Waals surface area contributed by atoms with Gasteiger partial charge in [-0.15, -0.1) is 16.1 Å². The van der Waals surface area contributed by atoms with Crippen molar-refractivity contribution >= 4 is 17.0 Å². The fourth-order valence-corrected chi connectivity index (χ4v) is 3.28. The van der Waals surface area contributed by atoms with Gasteiger partial charge in [0.1, 0.15) is 5.54 Å². The van der Waals surface area contributed by atoms with Gasteiger partial charge in [0.2, 0.25) is 5.71 Å². The first-order chi connectivity index (χ1) is 8.50. The maximum Gasteiger partial charge on any atom is 0.492 e. The molecule has 1 aromatic rings. The Labute approximate surface area is 108 Å². The molecule has 0 atom stereocenters. The fourth-order valence-electron chi connectivity index (χ4n) is 2.37. The molecule has 18 heavy (non-hydrogen) atoms. The number of rotatable bonds is 1. The van der Waals surface area contributed by atoms with Gasteiger partial charge in [-0.2, -0.15) is 0 Å². The van der Waals surface area contributed by atoms with Gasteiger partial charge in [-0.05, 0) is 25.3 Å². The minimum absolute atomic E-state index is 0.281. The minimum Gasteiger partial charge on any atom is -0.618 e. The van der Waals surface area contributed by atoms with Crippen molar-refractivity contribution in [3.8, 4) is 0 Å². The third-order valence-electron chi connectivity index (χ3n) is 3.25. The zero-order chi connectivity index (χ0) is 13.0. The molecule has 0 unspecified atom stereocenters. The van der Waals surface area contributed by atoms with Crippen molar-refractivity contribution in [2.45, 2.75) is 25.4 Å². The van der Waals surface area contributed by atoms with E-state index < -0.39 is 11.6 Å². The van der Waals surface area contributed by atoms with Crippen LogP contribution in [0.2, 0.25) is 0 Å². The van der Waals surface area contributed by atoms with E-state index in [9.17, 15) is 10.4 Å². The van der Waals surface area contributed by atoms with E-state index in [-0.39, 0.29) is 13.2 Å². The lowest BCUT2D eigenvalue weighted by Crippen LogP contribution is -2.55. The van der Waals surface area contributed by atoms with Crippen LogP contribution in [0, 0.1) is 5.21 Å². The van der Waals surface area contributed by atoms with Crippen molar-refractivity contribution in [1.29, 1.82) is 0 Å². The quantitative estimate of drug-likeness (QED) is 0.613. The number of nitrogens with zero attached hydrogens (tertiary/aromatic N) is 2. The van der Waals surface area contributed by atoms with Crippen molar-refractivity contribution in [3.05, 3.63) is 27.6 Å². The van der Waals surface area contributed by atoms with E-state index in [1.54, 1.807) is 13.8 Å². The lowest BCUT2D eigenvalue weighted by atomic mass is 9.98. The van der Waals surface area contributed by atoms with Crippen LogP contribution in [0.15, 0.2) is 17.5 Å². The molecule has 1 aromatic heterocycles. The van der Waals surface area contributed by atoms with E-state index in [4.69, 9.17) is 9.47 Å². The van der Waals surface area contributed by atoms with Gasteiger partial charge in [-0.1, -0.05) is 11.1 Å². The predicted molar refractivity (Wildman–Crippen MR) is 64.4 cm³/mol. The predicted octanol–water partition coefficient (Wildman–Crippen LogP) is 1.19. The standard InChI is InChI=1S/C11H14N2O4S/c1-10(2)9(8-4-3-7-18-8)12(14)11(13(10)15)16-5-6-17-11/h3-4,7,15H,5-6H2,1-2H3. The highest BCUT2D eigenvalue weighted by Gasteiger charge is 2.67. The summed E-state index contributed by atoms with van der Waals surface area (Å²) in [6.45, 7) is 4.08. The zero-order valence-corrected chi connectivity index (χ0v) is 10.9. The summed E-state index contributed by atoms with van der Waals surface area (Å²) in [5, 5.41) is 25.5. The lowest BCUT2D eigenvalue weighted by Gasteiger charge is -2.28. The third kappa shape index (κ3) is 1.33. The van der Waals surface area contributed by atoms with Crippen LogP contribution in [-0.4, -0.2) is 45.5 Å². The summed E-state index contributed by atoms with van der Waals surface area (Å²) in [6.07, 6.45) is 0. The minimum atomic E-state index is -1.73. The highest BCUT2D eigenvalue weighted by molar-refractivity contribution is 7.12. The highest BCUT2D eigenvalue weighted by Crippen LogP contribution is 2.39. The van der Waals surface area contributed by atoms with Gasteiger partial charge in [0.15, 0.2) is 0 Å². The van der Waals surface area contributed by atoms with Gasteiger partial charge in [-0.25, -0.2) is 0 Å². The Morgan fingerprint density at radius 1 is 1.44 bits per heavy atom. The monoisotopic (exact) mass is 270 g/mol. The largest absolute Gasteiger partial charge is 0.618 e. The van der Waals surface area contributed by atoms with Crippen molar-refractivity contribution in [1.82, 2.24) is 5.06 Å². The second kappa shape index (κ2) is 3.75. The summed E-state index contributed by atoms with van der Waals surface area (Å²) in [5.41, 5.74) is -0.432. The first kappa shape index (κ1) is 12.1. The van der Waals surface area contributed by atoms with E-state index in [1.807, 2.05) is 17.5 Å². The Morgan fingerprint density at radius 2 is 2.11 bits per heavy atom. The number of hydrogen-bond donors (Lipinski definition) is 1. The summed E-state index contributed by atoms with van der Waals surface area (Å²) in [6, 6.07) is 1.97. The summed E-state index contributed by atoms with van der Waals surface area (Å²) in [5.74, 6) is 0. The molecule has 0 radical (unpaired) electrons. The van der Waals surface area contributed by atoms with Crippen LogP contribution in [0.3, 0.4) is 0 Å². The Kier molecular flexibility index (Phi) is 2.51. The molecular formula is C11H14N2O4S. The number of hydroxylamine groups is 3. The molecule has 98 valence electrons. The molecule has 6 nitrogen and oxygen atoms in total. The Bertz CT molecular complexity index is 491. The molecule has 3 heterocycles. The Morgan fingerprint density at radius 3 is 2.67 bits per heavy atom. The van der Waals surface area contributed by atoms with Crippen LogP contribution >= 0.6 is 11.3 Å². The molecule has 0 amide bonds. The summed E-state index contributed by atoms with van der Waals surface area (Å²) < 4.78 is 11.3. The molecule has 7 heteroatoms. The first-order valence-corrected chi connectivity index (χ1v) is 6.54. The second-order valence-corrected chi connectivity index (χ2v) is 5.68. The van der Waals surface area contributed by atoms with Gasteiger partial charge >= 0.3 is 6.03 Å². The molecule has 1 saturated heterocycles. The van der Waals surface area contributed by atoms with Crippen molar-refractivity contribution in [2.75, 3.05) is 13.2 Å². The van der Waals surface area contributed by atoms with E-state index >= 15 is 0 Å². The number of hydrogen-bond acceptors (Lipinski definition) is 6. The van der Waals surface area contributed by atoms with Crippen LogP contribution in [0.1, 0.15) is 18.7 Å². The maximum atomic E-state index is 12.5.